The van der Waals surface area contributed by atoms with E-state index >= 15 is 0 Å². The molecular formula is C8H16N4S. The number of rotatable bonds is 3. The summed E-state index contributed by atoms with van der Waals surface area (Å²) in [6.07, 6.45) is 3.78. The highest BCUT2D eigenvalue weighted by Gasteiger charge is 2.28. The fraction of sp³-hybridized carbons (Fsp3) is 0.750. The first-order chi connectivity index (χ1) is 5.97. The van der Waals surface area contributed by atoms with Gasteiger partial charge in [0.05, 0.1) is 12.2 Å². The van der Waals surface area contributed by atoms with Crippen LogP contribution in [0.3, 0.4) is 0 Å². The fourth-order valence-corrected chi connectivity index (χ4v) is 1.36. The van der Waals surface area contributed by atoms with Crippen molar-refractivity contribution >= 4 is 11.8 Å². The van der Waals surface area contributed by atoms with E-state index in [0.29, 0.717) is 0 Å². The van der Waals surface area contributed by atoms with Crippen molar-refractivity contribution in [2.75, 3.05) is 6.26 Å². The van der Waals surface area contributed by atoms with E-state index in [-0.39, 0.29) is 10.8 Å². The maximum Gasteiger partial charge on any atom is 0.101 e. The Morgan fingerprint density at radius 2 is 2.23 bits per heavy atom. The zero-order chi connectivity index (χ0) is 10.1. The van der Waals surface area contributed by atoms with E-state index in [4.69, 9.17) is 5.73 Å². The van der Waals surface area contributed by atoms with Crippen LogP contribution in [0.4, 0.5) is 0 Å². The first kappa shape index (κ1) is 10.5. The summed E-state index contributed by atoms with van der Waals surface area (Å²) in [6.45, 7) is 4.22. The van der Waals surface area contributed by atoms with Gasteiger partial charge in [-0.05, 0) is 20.1 Å². The monoisotopic (exact) mass is 200 g/mol. The standard InChI is InChI=1S/C8H16N4S/c1-8(2,13-4)7(9)6-5-10-12(3)11-6/h5,7H,9H2,1-4H3. The maximum atomic E-state index is 6.06. The maximum absolute atomic E-state index is 6.06. The van der Waals surface area contributed by atoms with Crippen LogP contribution in [0.15, 0.2) is 6.20 Å². The lowest BCUT2D eigenvalue weighted by molar-refractivity contribution is 0.537. The van der Waals surface area contributed by atoms with Crippen LogP contribution in [-0.4, -0.2) is 26.0 Å². The van der Waals surface area contributed by atoms with Gasteiger partial charge in [-0.1, -0.05) is 0 Å². The van der Waals surface area contributed by atoms with Gasteiger partial charge in [0.25, 0.3) is 0 Å². The highest BCUT2D eigenvalue weighted by atomic mass is 32.2. The first-order valence-electron chi connectivity index (χ1n) is 4.14. The van der Waals surface area contributed by atoms with E-state index in [1.807, 2.05) is 0 Å². The molecule has 1 aromatic heterocycles. The molecule has 0 bridgehead atoms. The van der Waals surface area contributed by atoms with E-state index in [9.17, 15) is 0 Å². The summed E-state index contributed by atoms with van der Waals surface area (Å²) in [7, 11) is 1.79. The Kier molecular flexibility index (Phi) is 2.98. The first-order valence-corrected chi connectivity index (χ1v) is 5.37. The van der Waals surface area contributed by atoms with Crippen LogP contribution in [-0.2, 0) is 7.05 Å². The molecule has 1 aromatic rings. The second kappa shape index (κ2) is 3.67. The zero-order valence-corrected chi connectivity index (χ0v) is 9.30. The lowest BCUT2D eigenvalue weighted by Crippen LogP contribution is -2.32. The molecular weight excluding hydrogens is 184 g/mol. The van der Waals surface area contributed by atoms with Gasteiger partial charge in [0.15, 0.2) is 0 Å². The molecule has 5 heteroatoms. The minimum Gasteiger partial charge on any atom is -0.321 e. The molecule has 1 unspecified atom stereocenters. The number of aromatic nitrogens is 3. The molecule has 1 atom stereocenters. The van der Waals surface area contributed by atoms with Crippen LogP contribution in [0, 0.1) is 0 Å². The van der Waals surface area contributed by atoms with Gasteiger partial charge in [0.1, 0.15) is 5.69 Å². The van der Waals surface area contributed by atoms with Crippen molar-refractivity contribution in [1.82, 2.24) is 15.0 Å². The van der Waals surface area contributed by atoms with Crippen LogP contribution >= 0.6 is 11.8 Å². The Morgan fingerprint density at radius 1 is 1.62 bits per heavy atom. The number of nitrogens with zero attached hydrogens (tertiary/aromatic N) is 3. The van der Waals surface area contributed by atoms with Crippen molar-refractivity contribution in [2.45, 2.75) is 24.6 Å². The van der Waals surface area contributed by atoms with Crippen molar-refractivity contribution in [3.8, 4) is 0 Å². The van der Waals surface area contributed by atoms with Crippen molar-refractivity contribution in [3.63, 3.8) is 0 Å². The third-order valence-electron chi connectivity index (χ3n) is 2.21. The van der Waals surface area contributed by atoms with Gasteiger partial charge in [0, 0.05) is 11.8 Å². The Hall–Kier alpha value is -0.550. The topological polar surface area (TPSA) is 56.7 Å². The van der Waals surface area contributed by atoms with Crippen molar-refractivity contribution in [3.05, 3.63) is 11.9 Å². The Bertz CT molecular complexity index is 281. The molecule has 13 heavy (non-hydrogen) atoms. The Balaban J connectivity index is 2.84. The summed E-state index contributed by atoms with van der Waals surface area (Å²) in [5.74, 6) is 0. The second-order valence-electron chi connectivity index (χ2n) is 3.54. The molecule has 0 aliphatic rings. The van der Waals surface area contributed by atoms with E-state index in [0.717, 1.165) is 5.69 Å². The van der Waals surface area contributed by atoms with Gasteiger partial charge >= 0.3 is 0 Å². The van der Waals surface area contributed by atoms with Crippen LogP contribution in [0.1, 0.15) is 25.6 Å². The van der Waals surface area contributed by atoms with E-state index < -0.39 is 0 Å². The molecule has 1 heterocycles. The third-order valence-corrected chi connectivity index (χ3v) is 3.52. The number of nitrogens with two attached hydrogens (primary N) is 1. The molecule has 0 spiro atoms. The van der Waals surface area contributed by atoms with Gasteiger partial charge < -0.3 is 5.73 Å². The molecule has 0 aromatic carbocycles. The number of aryl methyl sites for hydroxylation is 1. The summed E-state index contributed by atoms with van der Waals surface area (Å²) >= 11 is 1.74. The average molecular weight is 200 g/mol. The van der Waals surface area contributed by atoms with Crippen LogP contribution in [0.2, 0.25) is 0 Å². The SMILES string of the molecule is CSC(C)(C)C(N)c1cnn(C)n1. The molecule has 0 aliphatic carbocycles. The minimum atomic E-state index is -0.0730. The van der Waals surface area contributed by atoms with Crippen molar-refractivity contribution in [2.24, 2.45) is 12.8 Å². The molecule has 0 radical (unpaired) electrons. The normalized spacial score (nSPS) is 14.5. The van der Waals surface area contributed by atoms with Gasteiger partial charge in [-0.3, -0.25) is 0 Å². The molecule has 0 amide bonds. The lowest BCUT2D eigenvalue weighted by Gasteiger charge is -2.27. The highest BCUT2D eigenvalue weighted by Crippen LogP contribution is 2.32. The van der Waals surface area contributed by atoms with Gasteiger partial charge in [-0.2, -0.15) is 26.8 Å². The third kappa shape index (κ3) is 2.22. The zero-order valence-electron chi connectivity index (χ0n) is 8.48. The molecule has 2 N–H and O–H groups in total. The van der Waals surface area contributed by atoms with Crippen molar-refractivity contribution < 1.29 is 0 Å². The van der Waals surface area contributed by atoms with Crippen LogP contribution < -0.4 is 5.73 Å². The van der Waals surface area contributed by atoms with E-state index in [2.05, 4.69) is 30.3 Å². The smallest absolute Gasteiger partial charge is 0.101 e. The summed E-state index contributed by atoms with van der Waals surface area (Å²) in [5, 5.41) is 8.19. The molecule has 74 valence electrons. The molecule has 0 aliphatic heterocycles. The minimum absolute atomic E-state index is 0.00394. The Morgan fingerprint density at radius 3 is 2.62 bits per heavy atom. The van der Waals surface area contributed by atoms with Crippen LogP contribution in [0.25, 0.3) is 0 Å². The molecule has 0 saturated heterocycles. The molecule has 1 rings (SSSR count). The lowest BCUT2D eigenvalue weighted by atomic mass is 10.0. The quantitative estimate of drug-likeness (QED) is 0.789. The number of hydrogen-bond acceptors (Lipinski definition) is 4. The summed E-state index contributed by atoms with van der Waals surface area (Å²) in [4.78, 5) is 1.53. The predicted molar refractivity (Wildman–Crippen MR) is 55.5 cm³/mol. The summed E-state index contributed by atoms with van der Waals surface area (Å²) in [6, 6.07) is -0.0730. The number of hydrogen-bond donors (Lipinski definition) is 1. The molecule has 0 saturated carbocycles. The predicted octanol–water partition coefficient (Wildman–Crippen LogP) is 0.957. The molecule has 4 nitrogen and oxygen atoms in total. The average Bonchev–Trinajstić information content (AvgIpc) is 2.50. The fourth-order valence-electron chi connectivity index (χ4n) is 0.987. The second-order valence-corrected chi connectivity index (χ2v) is 5.00. The summed E-state index contributed by atoms with van der Waals surface area (Å²) in [5.41, 5.74) is 6.91. The van der Waals surface area contributed by atoms with Gasteiger partial charge in [-0.15, -0.1) is 0 Å². The summed E-state index contributed by atoms with van der Waals surface area (Å²) < 4.78 is -0.00394. The largest absolute Gasteiger partial charge is 0.321 e. The van der Waals surface area contributed by atoms with E-state index in [1.54, 1.807) is 25.0 Å². The van der Waals surface area contributed by atoms with Crippen molar-refractivity contribution in [1.29, 1.82) is 0 Å². The highest BCUT2D eigenvalue weighted by molar-refractivity contribution is 7.99. The molecule has 0 fully saturated rings. The Labute approximate surface area is 82.9 Å². The van der Waals surface area contributed by atoms with E-state index in [1.165, 1.54) is 4.80 Å². The van der Waals surface area contributed by atoms with Gasteiger partial charge in [-0.25, -0.2) is 0 Å². The number of thioether (sulfide) groups is 1. The van der Waals surface area contributed by atoms with Gasteiger partial charge in [0.2, 0.25) is 0 Å². The van der Waals surface area contributed by atoms with Crippen LogP contribution in [0.5, 0.6) is 0 Å².